The zero-order valence-corrected chi connectivity index (χ0v) is 11.0. The Balaban J connectivity index is 2.20. The van der Waals surface area contributed by atoms with Crippen LogP contribution in [-0.2, 0) is 6.42 Å². The zero-order valence-electron chi connectivity index (χ0n) is 10.2. The predicted octanol–water partition coefficient (Wildman–Crippen LogP) is 2.80. The third-order valence-electron chi connectivity index (χ3n) is 2.80. The maximum atomic E-state index is 3.92. The van der Waals surface area contributed by atoms with Crippen molar-refractivity contribution in [3.05, 3.63) is 46.5 Å². The molecule has 1 heterocycles. The number of aromatic nitrogens is 2. The van der Waals surface area contributed by atoms with Crippen LogP contribution in [0.2, 0.25) is 0 Å². The van der Waals surface area contributed by atoms with Crippen LogP contribution in [0.3, 0.4) is 0 Å². The van der Waals surface area contributed by atoms with Gasteiger partial charge in [0.2, 0.25) is 0 Å². The Labute approximate surface area is 106 Å². The fourth-order valence-corrected chi connectivity index (χ4v) is 2.58. The van der Waals surface area contributed by atoms with Crippen LogP contribution in [0.5, 0.6) is 0 Å². The summed E-state index contributed by atoms with van der Waals surface area (Å²) in [4.78, 5) is 1.15. The van der Waals surface area contributed by atoms with Gasteiger partial charge in [0, 0.05) is 0 Å². The number of aryl methyl sites for hydroxylation is 1. The van der Waals surface area contributed by atoms with Gasteiger partial charge in [-0.2, -0.15) is 0 Å². The summed E-state index contributed by atoms with van der Waals surface area (Å²) < 4.78 is 3.92. The van der Waals surface area contributed by atoms with Gasteiger partial charge in [0.25, 0.3) is 0 Å². The SMILES string of the molecule is CCCc1ccc(C(NC)c2cnns2)cc1. The molecular weight excluding hydrogens is 230 g/mol. The summed E-state index contributed by atoms with van der Waals surface area (Å²) >= 11 is 1.44. The molecule has 0 spiro atoms. The zero-order chi connectivity index (χ0) is 12.1. The van der Waals surface area contributed by atoms with E-state index in [1.807, 2.05) is 13.2 Å². The van der Waals surface area contributed by atoms with Crippen molar-refractivity contribution in [1.82, 2.24) is 14.9 Å². The Bertz CT molecular complexity index is 436. The first-order chi connectivity index (χ1) is 8.35. The van der Waals surface area contributed by atoms with Crippen LogP contribution in [-0.4, -0.2) is 16.6 Å². The van der Waals surface area contributed by atoms with Gasteiger partial charge in [-0.3, -0.25) is 0 Å². The van der Waals surface area contributed by atoms with E-state index in [-0.39, 0.29) is 6.04 Å². The topological polar surface area (TPSA) is 37.8 Å². The molecular formula is C13H17N3S. The molecule has 0 saturated heterocycles. The molecule has 0 aliphatic rings. The predicted molar refractivity (Wildman–Crippen MR) is 71.2 cm³/mol. The molecule has 0 aliphatic carbocycles. The molecule has 0 amide bonds. The summed E-state index contributed by atoms with van der Waals surface area (Å²) in [7, 11) is 1.96. The minimum absolute atomic E-state index is 0.200. The summed E-state index contributed by atoms with van der Waals surface area (Å²) in [6.07, 6.45) is 4.16. The van der Waals surface area contributed by atoms with Crippen LogP contribution >= 0.6 is 11.5 Å². The molecule has 0 bridgehead atoms. The molecule has 2 rings (SSSR count). The quantitative estimate of drug-likeness (QED) is 0.883. The van der Waals surface area contributed by atoms with E-state index in [1.54, 1.807) is 0 Å². The van der Waals surface area contributed by atoms with Gasteiger partial charge in [0.05, 0.1) is 17.1 Å². The molecule has 3 nitrogen and oxygen atoms in total. The first-order valence-electron chi connectivity index (χ1n) is 5.88. The fraction of sp³-hybridized carbons (Fsp3) is 0.385. The summed E-state index contributed by atoms with van der Waals surface area (Å²) in [5, 5.41) is 7.19. The second kappa shape index (κ2) is 5.89. The lowest BCUT2D eigenvalue weighted by Crippen LogP contribution is -2.16. The van der Waals surface area contributed by atoms with E-state index < -0.39 is 0 Å². The highest BCUT2D eigenvalue weighted by Gasteiger charge is 2.13. The second-order valence-electron chi connectivity index (χ2n) is 4.03. The molecule has 4 heteroatoms. The number of benzene rings is 1. The van der Waals surface area contributed by atoms with Crippen LogP contribution in [0, 0.1) is 0 Å². The van der Waals surface area contributed by atoms with E-state index in [1.165, 1.54) is 29.1 Å². The molecule has 0 aliphatic heterocycles. The van der Waals surface area contributed by atoms with Crippen molar-refractivity contribution in [3.8, 4) is 0 Å². The summed E-state index contributed by atoms with van der Waals surface area (Å²) in [5.41, 5.74) is 2.66. The molecule has 0 saturated carbocycles. The van der Waals surface area contributed by atoms with Gasteiger partial charge in [0.1, 0.15) is 0 Å². The molecule has 1 aromatic heterocycles. The lowest BCUT2D eigenvalue weighted by atomic mass is 10.0. The van der Waals surface area contributed by atoms with Crippen molar-refractivity contribution in [2.75, 3.05) is 7.05 Å². The molecule has 1 N–H and O–H groups in total. The molecule has 1 atom stereocenters. The lowest BCUT2D eigenvalue weighted by Gasteiger charge is -2.14. The van der Waals surface area contributed by atoms with Gasteiger partial charge >= 0.3 is 0 Å². The molecule has 2 aromatic rings. The Hall–Kier alpha value is -1.26. The number of nitrogens with zero attached hydrogens (tertiary/aromatic N) is 2. The minimum Gasteiger partial charge on any atom is -0.309 e. The summed E-state index contributed by atoms with van der Waals surface area (Å²) in [6, 6.07) is 8.98. The molecule has 1 aromatic carbocycles. The standard InChI is InChI=1S/C13H17N3S/c1-3-4-10-5-7-11(8-6-10)13(14-2)12-9-15-16-17-12/h5-9,13-14H,3-4H2,1-2H3. The highest BCUT2D eigenvalue weighted by Crippen LogP contribution is 2.23. The largest absolute Gasteiger partial charge is 0.309 e. The summed E-state index contributed by atoms with van der Waals surface area (Å²) in [5.74, 6) is 0. The first-order valence-corrected chi connectivity index (χ1v) is 6.66. The average Bonchev–Trinajstić information content (AvgIpc) is 2.86. The fourth-order valence-electron chi connectivity index (χ4n) is 1.94. The number of hydrogen-bond acceptors (Lipinski definition) is 4. The van der Waals surface area contributed by atoms with Crippen molar-refractivity contribution in [3.63, 3.8) is 0 Å². The average molecular weight is 247 g/mol. The Morgan fingerprint density at radius 3 is 2.59 bits per heavy atom. The smallest absolute Gasteiger partial charge is 0.0701 e. The van der Waals surface area contributed by atoms with Crippen molar-refractivity contribution < 1.29 is 0 Å². The highest BCUT2D eigenvalue weighted by molar-refractivity contribution is 7.05. The van der Waals surface area contributed by atoms with Crippen molar-refractivity contribution in [1.29, 1.82) is 0 Å². The Kier molecular flexibility index (Phi) is 4.23. The number of nitrogens with one attached hydrogen (secondary N) is 1. The molecule has 0 radical (unpaired) electrons. The maximum absolute atomic E-state index is 3.92. The third-order valence-corrected chi connectivity index (χ3v) is 3.53. The van der Waals surface area contributed by atoms with Crippen molar-refractivity contribution >= 4 is 11.5 Å². The number of hydrogen-bond donors (Lipinski definition) is 1. The second-order valence-corrected chi connectivity index (χ2v) is 4.85. The van der Waals surface area contributed by atoms with Crippen LogP contribution in [0.25, 0.3) is 0 Å². The van der Waals surface area contributed by atoms with Gasteiger partial charge in [-0.1, -0.05) is 42.1 Å². The minimum atomic E-state index is 0.200. The first kappa shape index (κ1) is 12.2. The normalized spacial score (nSPS) is 12.6. The van der Waals surface area contributed by atoms with E-state index in [9.17, 15) is 0 Å². The molecule has 0 fully saturated rings. The Morgan fingerprint density at radius 1 is 1.29 bits per heavy atom. The summed E-state index contributed by atoms with van der Waals surface area (Å²) in [6.45, 7) is 2.20. The van der Waals surface area contributed by atoms with Crippen molar-refractivity contribution in [2.45, 2.75) is 25.8 Å². The van der Waals surface area contributed by atoms with Crippen molar-refractivity contribution in [2.24, 2.45) is 0 Å². The monoisotopic (exact) mass is 247 g/mol. The van der Waals surface area contributed by atoms with E-state index in [2.05, 4.69) is 46.1 Å². The maximum Gasteiger partial charge on any atom is 0.0701 e. The van der Waals surface area contributed by atoms with Crippen LogP contribution in [0.1, 0.15) is 35.4 Å². The number of rotatable bonds is 5. The highest BCUT2D eigenvalue weighted by atomic mass is 32.1. The molecule has 1 unspecified atom stereocenters. The van der Waals surface area contributed by atoms with E-state index >= 15 is 0 Å². The van der Waals surface area contributed by atoms with E-state index in [4.69, 9.17) is 0 Å². The van der Waals surface area contributed by atoms with Crippen LogP contribution < -0.4 is 5.32 Å². The molecule has 90 valence electrons. The molecule has 17 heavy (non-hydrogen) atoms. The van der Waals surface area contributed by atoms with Crippen LogP contribution in [0.4, 0.5) is 0 Å². The van der Waals surface area contributed by atoms with Gasteiger partial charge < -0.3 is 5.32 Å². The lowest BCUT2D eigenvalue weighted by molar-refractivity contribution is 0.701. The van der Waals surface area contributed by atoms with Gasteiger partial charge in [0.15, 0.2) is 0 Å². The van der Waals surface area contributed by atoms with Gasteiger partial charge in [-0.25, -0.2) is 0 Å². The third kappa shape index (κ3) is 2.90. The van der Waals surface area contributed by atoms with Crippen LogP contribution in [0.15, 0.2) is 30.5 Å². The van der Waals surface area contributed by atoms with E-state index in [0.29, 0.717) is 0 Å². The Morgan fingerprint density at radius 2 is 2.06 bits per heavy atom. The van der Waals surface area contributed by atoms with E-state index in [0.717, 1.165) is 11.3 Å². The van der Waals surface area contributed by atoms with Gasteiger partial charge in [-0.05, 0) is 36.1 Å². The van der Waals surface area contributed by atoms with Gasteiger partial charge in [-0.15, -0.1) is 5.10 Å².